The zero-order valence-electron chi connectivity index (χ0n) is 7.77. The van der Waals surface area contributed by atoms with E-state index in [2.05, 4.69) is 30.6 Å². The van der Waals surface area contributed by atoms with Gasteiger partial charge in [-0.05, 0) is 12.2 Å². The number of carbonyl (C=O) groups is 2. The van der Waals surface area contributed by atoms with Crippen LogP contribution < -0.4 is 5.32 Å². The lowest BCUT2D eigenvalue weighted by Crippen LogP contribution is -2.33. The van der Waals surface area contributed by atoms with E-state index >= 15 is 0 Å². The largest absolute Gasteiger partial charge is 0.481 e. The molecule has 0 aromatic heterocycles. The third kappa shape index (κ3) is 6.15. The Morgan fingerprint density at radius 2 is 2.00 bits per heavy atom. The Kier molecular flexibility index (Phi) is 7.78. The van der Waals surface area contributed by atoms with Gasteiger partial charge in [0.05, 0.1) is 12.3 Å². The molecule has 14 heavy (non-hydrogen) atoms. The predicted molar refractivity (Wildman–Crippen MR) is 61.1 cm³/mol. The van der Waals surface area contributed by atoms with Crippen LogP contribution in [0.25, 0.3) is 0 Å². The predicted octanol–water partition coefficient (Wildman–Crippen LogP) is 0.443. The maximum atomic E-state index is 11.3. The minimum absolute atomic E-state index is 0.170. The molecule has 1 amide bonds. The lowest BCUT2D eigenvalue weighted by Gasteiger charge is -2.11. The highest BCUT2D eigenvalue weighted by Gasteiger charge is 2.19. The van der Waals surface area contributed by atoms with Gasteiger partial charge in [0.1, 0.15) is 0 Å². The van der Waals surface area contributed by atoms with E-state index in [4.69, 9.17) is 5.11 Å². The van der Waals surface area contributed by atoms with Crippen LogP contribution in [-0.2, 0) is 9.59 Å². The molecular formula is C8H15NO3S2. The summed E-state index contributed by atoms with van der Waals surface area (Å²) in [7, 11) is 0. The van der Waals surface area contributed by atoms with Crippen LogP contribution in [0.3, 0.4) is 0 Å². The zero-order valence-corrected chi connectivity index (χ0v) is 9.56. The van der Waals surface area contributed by atoms with Crippen LogP contribution in [0.15, 0.2) is 0 Å². The van der Waals surface area contributed by atoms with Crippen LogP contribution >= 0.6 is 25.3 Å². The number of nitrogens with one attached hydrogen (secondary N) is 1. The van der Waals surface area contributed by atoms with Gasteiger partial charge in [0, 0.05) is 12.3 Å². The molecule has 0 radical (unpaired) electrons. The molecule has 0 aromatic rings. The van der Waals surface area contributed by atoms with Crippen molar-refractivity contribution < 1.29 is 14.7 Å². The summed E-state index contributed by atoms with van der Waals surface area (Å²) in [6, 6.07) is 0. The van der Waals surface area contributed by atoms with Crippen molar-refractivity contribution in [1.82, 2.24) is 5.32 Å². The van der Waals surface area contributed by atoms with Crippen molar-refractivity contribution in [2.75, 3.05) is 18.1 Å². The monoisotopic (exact) mass is 237 g/mol. The van der Waals surface area contributed by atoms with Crippen LogP contribution in [-0.4, -0.2) is 35.0 Å². The highest BCUT2D eigenvalue weighted by atomic mass is 32.1. The molecule has 4 nitrogen and oxygen atoms in total. The Hall–Kier alpha value is -0.360. The number of amides is 1. The van der Waals surface area contributed by atoms with E-state index in [1.54, 1.807) is 0 Å². The maximum Gasteiger partial charge on any atom is 0.304 e. The first-order valence-corrected chi connectivity index (χ1v) is 5.59. The van der Waals surface area contributed by atoms with Gasteiger partial charge in [-0.25, -0.2) is 0 Å². The molecule has 0 fully saturated rings. The Morgan fingerprint density at radius 3 is 2.43 bits per heavy atom. The topological polar surface area (TPSA) is 66.4 Å². The van der Waals surface area contributed by atoms with Crippen molar-refractivity contribution in [3.8, 4) is 0 Å². The second kappa shape index (κ2) is 7.99. The number of hydrogen-bond acceptors (Lipinski definition) is 4. The minimum Gasteiger partial charge on any atom is -0.481 e. The maximum absolute atomic E-state index is 11.3. The number of carboxylic acid groups (broad SMARTS) is 1. The van der Waals surface area contributed by atoms with Gasteiger partial charge in [-0.2, -0.15) is 25.3 Å². The van der Waals surface area contributed by atoms with E-state index in [0.717, 1.165) is 6.42 Å². The quantitative estimate of drug-likeness (QED) is 0.384. The average molecular weight is 237 g/mol. The van der Waals surface area contributed by atoms with Gasteiger partial charge < -0.3 is 10.4 Å². The van der Waals surface area contributed by atoms with Crippen LogP contribution in [0.2, 0.25) is 0 Å². The van der Waals surface area contributed by atoms with Gasteiger partial charge >= 0.3 is 5.97 Å². The Labute approximate surface area is 94.3 Å². The Bertz CT molecular complexity index is 199. The van der Waals surface area contributed by atoms with Crippen molar-refractivity contribution in [3.63, 3.8) is 0 Å². The summed E-state index contributed by atoms with van der Waals surface area (Å²) >= 11 is 7.93. The van der Waals surface area contributed by atoms with Gasteiger partial charge in [-0.1, -0.05) is 0 Å². The second-order valence-corrected chi connectivity index (χ2v) is 3.66. The molecular weight excluding hydrogens is 222 g/mol. The summed E-state index contributed by atoms with van der Waals surface area (Å²) in [6.45, 7) is 0.534. The number of aliphatic carboxylic acids is 1. The first-order valence-electron chi connectivity index (χ1n) is 4.33. The van der Waals surface area contributed by atoms with E-state index < -0.39 is 11.9 Å². The second-order valence-electron chi connectivity index (χ2n) is 2.85. The highest BCUT2D eigenvalue weighted by molar-refractivity contribution is 7.80. The van der Waals surface area contributed by atoms with Crippen LogP contribution in [0.5, 0.6) is 0 Å². The lowest BCUT2D eigenvalue weighted by molar-refractivity contribution is -0.140. The standard InChI is InChI=1S/C8H15NO3S2/c10-7(11)4-6(5-14)8(12)9-2-1-3-13/h6,13-14H,1-5H2,(H,9,12)(H,10,11). The summed E-state index contributed by atoms with van der Waals surface area (Å²) in [6.07, 6.45) is 0.609. The fourth-order valence-corrected chi connectivity index (χ4v) is 1.34. The first kappa shape index (κ1) is 13.6. The molecule has 0 bridgehead atoms. The molecule has 82 valence electrons. The van der Waals surface area contributed by atoms with E-state index in [1.165, 1.54) is 0 Å². The molecule has 0 rings (SSSR count). The van der Waals surface area contributed by atoms with Crippen LogP contribution in [0, 0.1) is 5.92 Å². The summed E-state index contributed by atoms with van der Waals surface area (Å²) in [5, 5.41) is 11.1. The highest BCUT2D eigenvalue weighted by Crippen LogP contribution is 2.05. The molecule has 0 spiro atoms. The minimum atomic E-state index is -0.978. The molecule has 6 heteroatoms. The SMILES string of the molecule is O=C(O)CC(CS)C(=O)NCCCS. The number of thiol groups is 2. The van der Waals surface area contributed by atoms with Crippen LogP contribution in [0.4, 0.5) is 0 Å². The van der Waals surface area contributed by atoms with Crippen molar-refractivity contribution in [1.29, 1.82) is 0 Å². The molecule has 0 saturated heterocycles. The molecule has 0 saturated carbocycles. The van der Waals surface area contributed by atoms with E-state index in [1.807, 2.05) is 0 Å². The number of rotatable bonds is 7. The number of carbonyl (C=O) groups excluding carboxylic acids is 1. The normalized spacial score (nSPS) is 12.1. The zero-order chi connectivity index (χ0) is 11.0. The Balaban J connectivity index is 3.85. The summed E-state index contributed by atoms with van der Waals surface area (Å²) in [5.41, 5.74) is 0. The third-order valence-corrected chi connectivity index (χ3v) is 2.40. The van der Waals surface area contributed by atoms with E-state index in [-0.39, 0.29) is 18.1 Å². The summed E-state index contributed by atoms with van der Waals surface area (Å²) in [4.78, 5) is 21.7. The smallest absolute Gasteiger partial charge is 0.304 e. The lowest BCUT2D eigenvalue weighted by atomic mass is 10.1. The van der Waals surface area contributed by atoms with Crippen molar-refractivity contribution >= 4 is 37.1 Å². The number of carboxylic acids is 1. The van der Waals surface area contributed by atoms with Gasteiger partial charge in [0.2, 0.25) is 5.91 Å². The molecule has 0 aliphatic heterocycles. The molecule has 0 heterocycles. The van der Waals surface area contributed by atoms with E-state index in [0.29, 0.717) is 12.3 Å². The van der Waals surface area contributed by atoms with Crippen molar-refractivity contribution in [2.45, 2.75) is 12.8 Å². The van der Waals surface area contributed by atoms with Crippen molar-refractivity contribution in [3.05, 3.63) is 0 Å². The molecule has 0 aromatic carbocycles. The molecule has 2 N–H and O–H groups in total. The van der Waals surface area contributed by atoms with Gasteiger partial charge in [0.25, 0.3) is 0 Å². The first-order chi connectivity index (χ1) is 6.61. The fourth-order valence-electron chi connectivity index (χ4n) is 0.886. The fraction of sp³-hybridized carbons (Fsp3) is 0.750. The van der Waals surface area contributed by atoms with Gasteiger partial charge in [-0.15, -0.1) is 0 Å². The number of hydrogen-bond donors (Lipinski definition) is 4. The summed E-state index contributed by atoms with van der Waals surface area (Å²) in [5.74, 6) is -0.822. The molecule has 0 aliphatic rings. The van der Waals surface area contributed by atoms with Gasteiger partial charge in [0.15, 0.2) is 0 Å². The van der Waals surface area contributed by atoms with Crippen LogP contribution in [0.1, 0.15) is 12.8 Å². The molecule has 1 atom stereocenters. The third-order valence-electron chi connectivity index (χ3n) is 1.65. The molecule has 1 unspecified atom stereocenters. The van der Waals surface area contributed by atoms with Crippen molar-refractivity contribution in [2.24, 2.45) is 5.92 Å². The average Bonchev–Trinajstić information content (AvgIpc) is 2.14. The van der Waals surface area contributed by atoms with Gasteiger partial charge in [-0.3, -0.25) is 9.59 Å². The van der Waals surface area contributed by atoms with E-state index in [9.17, 15) is 9.59 Å². The Morgan fingerprint density at radius 1 is 1.36 bits per heavy atom. The molecule has 0 aliphatic carbocycles. The summed E-state index contributed by atoms with van der Waals surface area (Å²) < 4.78 is 0.